The molecule has 15 heavy (non-hydrogen) atoms. The zero-order valence-corrected chi connectivity index (χ0v) is 9.42. The first-order valence-electron chi connectivity index (χ1n) is 4.43. The van der Waals surface area contributed by atoms with Crippen LogP contribution in [0.25, 0.3) is 6.08 Å². The summed E-state index contributed by atoms with van der Waals surface area (Å²) >= 11 is 11.7. The predicted octanol–water partition coefficient (Wildman–Crippen LogP) is 3.87. The summed E-state index contributed by atoms with van der Waals surface area (Å²) < 4.78 is 0. The summed E-state index contributed by atoms with van der Waals surface area (Å²) in [5.41, 5.74) is 0.839. The first kappa shape index (κ1) is 12.1. The highest BCUT2D eigenvalue weighted by molar-refractivity contribution is 6.35. The largest absolute Gasteiger partial charge is 0.481 e. The number of hydrogen-bond donors (Lipinski definition) is 1. The van der Waals surface area contributed by atoms with Crippen molar-refractivity contribution in [3.8, 4) is 0 Å². The van der Waals surface area contributed by atoms with Crippen LogP contribution < -0.4 is 0 Å². The molecule has 2 nitrogen and oxygen atoms in total. The van der Waals surface area contributed by atoms with E-state index < -0.39 is 5.97 Å². The quantitative estimate of drug-likeness (QED) is 0.874. The lowest BCUT2D eigenvalue weighted by Crippen LogP contribution is -1.91. The number of hydrogen-bond acceptors (Lipinski definition) is 1. The van der Waals surface area contributed by atoms with Gasteiger partial charge in [0.25, 0.3) is 0 Å². The second-order valence-corrected chi connectivity index (χ2v) is 3.84. The Bertz CT molecular complexity index is 386. The van der Waals surface area contributed by atoms with Gasteiger partial charge in [0.05, 0.1) is 0 Å². The Balaban J connectivity index is 2.60. The maximum Gasteiger partial charge on any atom is 0.303 e. The molecular weight excluding hydrogens is 235 g/mol. The van der Waals surface area contributed by atoms with Crippen LogP contribution in [0, 0.1) is 0 Å². The molecule has 0 radical (unpaired) electrons. The third-order valence-electron chi connectivity index (χ3n) is 1.78. The van der Waals surface area contributed by atoms with Gasteiger partial charge in [0.15, 0.2) is 0 Å². The maximum absolute atomic E-state index is 10.2. The fraction of sp³-hybridized carbons (Fsp3) is 0.182. The number of carboxylic acids is 1. The molecule has 1 rings (SSSR count). The molecule has 0 fully saturated rings. The molecule has 0 aromatic heterocycles. The Morgan fingerprint density at radius 3 is 2.73 bits per heavy atom. The molecule has 0 aliphatic carbocycles. The zero-order chi connectivity index (χ0) is 11.3. The van der Waals surface area contributed by atoms with Crippen LogP contribution in [0.15, 0.2) is 24.3 Å². The third-order valence-corrected chi connectivity index (χ3v) is 2.35. The molecule has 0 heterocycles. The monoisotopic (exact) mass is 244 g/mol. The van der Waals surface area contributed by atoms with Crippen molar-refractivity contribution in [1.29, 1.82) is 0 Å². The highest BCUT2D eigenvalue weighted by Crippen LogP contribution is 2.22. The van der Waals surface area contributed by atoms with Gasteiger partial charge < -0.3 is 5.11 Å². The molecule has 1 aromatic rings. The molecule has 0 bridgehead atoms. The summed E-state index contributed by atoms with van der Waals surface area (Å²) in [7, 11) is 0. The second kappa shape index (κ2) is 5.79. The first-order chi connectivity index (χ1) is 7.09. The van der Waals surface area contributed by atoms with E-state index >= 15 is 0 Å². The lowest BCUT2D eigenvalue weighted by atomic mass is 10.2. The number of benzene rings is 1. The third kappa shape index (κ3) is 4.36. The molecule has 80 valence electrons. The summed E-state index contributed by atoms with van der Waals surface area (Å²) in [6.45, 7) is 0. The number of allylic oxidation sites excluding steroid dienone is 1. The second-order valence-electron chi connectivity index (χ2n) is 3.00. The normalized spacial score (nSPS) is 10.8. The number of halogens is 2. The molecule has 0 saturated heterocycles. The Labute approximate surface area is 98.1 Å². The summed E-state index contributed by atoms with van der Waals surface area (Å²) in [4.78, 5) is 10.2. The minimum absolute atomic E-state index is 0.127. The van der Waals surface area contributed by atoms with Crippen molar-refractivity contribution in [2.45, 2.75) is 12.8 Å². The van der Waals surface area contributed by atoms with Crippen LogP contribution in [0.2, 0.25) is 10.0 Å². The van der Waals surface area contributed by atoms with E-state index in [9.17, 15) is 4.79 Å². The van der Waals surface area contributed by atoms with Gasteiger partial charge in [-0.2, -0.15) is 0 Å². The Morgan fingerprint density at radius 1 is 1.40 bits per heavy atom. The van der Waals surface area contributed by atoms with E-state index in [0.717, 1.165) is 5.56 Å². The highest BCUT2D eigenvalue weighted by Gasteiger charge is 1.97. The summed E-state index contributed by atoms with van der Waals surface area (Å²) in [5.74, 6) is -0.804. The first-order valence-corrected chi connectivity index (χ1v) is 5.18. The van der Waals surface area contributed by atoms with E-state index in [1.54, 1.807) is 30.4 Å². The van der Waals surface area contributed by atoms with Gasteiger partial charge >= 0.3 is 5.97 Å². The lowest BCUT2D eigenvalue weighted by Gasteiger charge is -1.98. The zero-order valence-electron chi connectivity index (χ0n) is 7.91. The van der Waals surface area contributed by atoms with E-state index in [4.69, 9.17) is 28.3 Å². The van der Waals surface area contributed by atoms with Crippen molar-refractivity contribution in [2.75, 3.05) is 0 Å². The van der Waals surface area contributed by atoms with Gasteiger partial charge in [0.1, 0.15) is 0 Å². The van der Waals surface area contributed by atoms with E-state index in [1.807, 2.05) is 0 Å². The SMILES string of the molecule is O=C(O)CCC=Cc1ccc(Cl)cc1Cl. The minimum Gasteiger partial charge on any atom is -0.481 e. The van der Waals surface area contributed by atoms with Crippen molar-refractivity contribution >= 4 is 35.2 Å². The minimum atomic E-state index is -0.804. The van der Waals surface area contributed by atoms with Crippen molar-refractivity contribution in [3.63, 3.8) is 0 Å². The van der Waals surface area contributed by atoms with Gasteiger partial charge in [-0.15, -0.1) is 0 Å². The fourth-order valence-electron chi connectivity index (χ4n) is 1.05. The predicted molar refractivity (Wildman–Crippen MR) is 62.4 cm³/mol. The summed E-state index contributed by atoms with van der Waals surface area (Å²) in [6, 6.07) is 5.19. The molecule has 0 spiro atoms. The molecule has 0 aliphatic rings. The van der Waals surface area contributed by atoms with E-state index in [2.05, 4.69) is 0 Å². The van der Waals surface area contributed by atoms with Gasteiger partial charge in [-0.25, -0.2) is 0 Å². The van der Waals surface area contributed by atoms with E-state index in [0.29, 0.717) is 16.5 Å². The molecule has 0 unspecified atom stereocenters. The average Bonchev–Trinajstić information content (AvgIpc) is 2.14. The van der Waals surface area contributed by atoms with Gasteiger partial charge in [-0.3, -0.25) is 4.79 Å². The number of carboxylic acid groups (broad SMARTS) is 1. The molecule has 0 saturated carbocycles. The van der Waals surface area contributed by atoms with Crippen LogP contribution >= 0.6 is 23.2 Å². The van der Waals surface area contributed by atoms with Crippen LogP contribution in [0.5, 0.6) is 0 Å². The fourth-order valence-corrected chi connectivity index (χ4v) is 1.53. The maximum atomic E-state index is 10.2. The smallest absolute Gasteiger partial charge is 0.303 e. The van der Waals surface area contributed by atoms with E-state index in [-0.39, 0.29) is 6.42 Å². The molecule has 4 heteroatoms. The highest BCUT2D eigenvalue weighted by atomic mass is 35.5. The number of rotatable bonds is 4. The summed E-state index contributed by atoms with van der Waals surface area (Å²) in [6.07, 6.45) is 4.20. The van der Waals surface area contributed by atoms with Crippen LogP contribution in [-0.4, -0.2) is 11.1 Å². The van der Waals surface area contributed by atoms with Gasteiger partial charge in [0, 0.05) is 16.5 Å². The molecule has 0 amide bonds. The topological polar surface area (TPSA) is 37.3 Å². The van der Waals surface area contributed by atoms with Crippen molar-refractivity contribution < 1.29 is 9.90 Å². The van der Waals surface area contributed by atoms with Gasteiger partial charge in [0.2, 0.25) is 0 Å². The molecule has 1 N–H and O–H groups in total. The Kier molecular flexibility index (Phi) is 4.66. The number of aliphatic carboxylic acids is 1. The molecule has 0 atom stereocenters. The molecule has 0 aliphatic heterocycles. The Morgan fingerprint density at radius 2 is 2.13 bits per heavy atom. The number of carbonyl (C=O) groups is 1. The average molecular weight is 245 g/mol. The van der Waals surface area contributed by atoms with Crippen molar-refractivity contribution in [3.05, 3.63) is 39.9 Å². The van der Waals surface area contributed by atoms with Crippen LogP contribution in [-0.2, 0) is 4.79 Å². The van der Waals surface area contributed by atoms with Gasteiger partial charge in [-0.05, 0) is 24.1 Å². The molecular formula is C11H10Cl2O2. The van der Waals surface area contributed by atoms with Crippen LogP contribution in [0.3, 0.4) is 0 Å². The van der Waals surface area contributed by atoms with Crippen LogP contribution in [0.4, 0.5) is 0 Å². The van der Waals surface area contributed by atoms with Crippen molar-refractivity contribution in [1.82, 2.24) is 0 Å². The summed E-state index contributed by atoms with van der Waals surface area (Å²) in [5, 5.41) is 9.57. The lowest BCUT2D eigenvalue weighted by molar-refractivity contribution is -0.136. The van der Waals surface area contributed by atoms with E-state index in [1.165, 1.54) is 0 Å². The van der Waals surface area contributed by atoms with Gasteiger partial charge in [-0.1, -0.05) is 41.4 Å². The van der Waals surface area contributed by atoms with Crippen molar-refractivity contribution in [2.24, 2.45) is 0 Å². The van der Waals surface area contributed by atoms with Crippen LogP contribution in [0.1, 0.15) is 18.4 Å². The molecule has 1 aromatic carbocycles. The Hall–Kier alpha value is -0.990. The standard InChI is InChI=1S/C11H10Cl2O2/c12-9-6-5-8(10(13)7-9)3-1-2-4-11(14)15/h1,3,5-7H,2,4H2,(H,14,15).